The lowest BCUT2D eigenvalue weighted by molar-refractivity contribution is 0.0991. The van der Waals surface area contributed by atoms with Crippen molar-refractivity contribution in [1.82, 2.24) is 0 Å². The molecule has 0 N–H and O–H groups in total. The van der Waals surface area contributed by atoms with Crippen LogP contribution >= 0.6 is 43.5 Å². The molecule has 2 aromatic rings. The summed E-state index contributed by atoms with van der Waals surface area (Å²) < 4.78 is 27.1. The number of hydrogen-bond acceptors (Lipinski definition) is 1. The van der Waals surface area contributed by atoms with Gasteiger partial charge in [-0.25, -0.2) is 8.78 Å². The SMILES string of the molecule is O=C(Cc1ccc(Br)cc1Cl)c1ccc(F)c(F)c1Br. The van der Waals surface area contributed by atoms with E-state index < -0.39 is 11.6 Å². The normalized spacial score (nSPS) is 10.7. The molecule has 0 aliphatic rings. The largest absolute Gasteiger partial charge is 0.294 e. The number of halogens is 5. The minimum Gasteiger partial charge on any atom is -0.294 e. The molecule has 0 radical (unpaired) electrons. The number of ketones is 1. The fourth-order valence-corrected chi connectivity index (χ4v) is 2.96. The van der Waals surface area contributed by atoms with E-state index in [4.69, 9.17) is 11.6 Å². The third kappa shape index (κ3) is 3.27. The van der Waals surface area contributed by atoms with Gasteiger partial charge < -0.3 is 0 Å². The molecule has 0 amide bonds. The third-order valence-corrected chi connectivity index (χ3v) is 4.32. The lowest BCUT2D eigenvalue weighted by Crippen LogP contribution is -2.06. The van der Waals surface area contributed by atoms with Crippen LogP contribution in [0, 0.1) is 11.6 Å². The zero-order valence-corrected chi connectivity index (χ0v) is 13.8. The van der Waals surface area contributed by atoms with E-state index in [0.717, 1.165) is 10.5 Å². The highest BCUT2D eigenvalue weighted by molar-refractivity contribution is 9.10. The first-order chi connectivity index (χ1) is 9.40. The van der Waals surface area contributed by atoms with Gasteiger partial charge in [0.2, 0.25) is 0 Å². The maximum absolute atomic E-state index is 13.4. The van der Waals surface area contributed by atoms with Gasteiger partial charge in [0.15, 0.2) is 17.4 Å². The molecule has 104 valence electrons. The summed E-state index contributed by atoms with van der Waals surface area (Å²) in [7, 11) is 0. The molecular formula is C14H7Br2ClF2O. The van der Waals surface area contributed by atoms with Crippen LogP contribution in [0.2, 0.25) is 5.02 Å². The van der Waals surface area contributed by atoms with Gasteiger partial charge in [-0.2, -0.15) is 0 Å². The zero-order chi connectivity index (χ0) is 14.9. The topological polar surface area (TPSA) is 17.1 Å². The van der Waals surface area contributed by atoms with Crippen molar-refractivity contribution < 1.29 is 13.6 Å². The first-order valence-electron chi connectivity index (χ1n) is 5.50. The highest BCUT2D eigenvalue weighted by atomic mass is 79.9. The smallest absolute Gasteiger partial charge is 0.173 e. The van der Waals surface area contributed by atoms with E-state index in [-0.39, 0.29) is 22.2 Å². The standard InChI is InChI=1S/C14H7Br2ClF2O/c15-8-2-1-7(10(17)6-8)5-12(20)9-3-4-11(18)14(19)13(9)16/h1-4,6H,5H2. The molecule has 0 atom stereocenters. The number of Topliss-reactive ketones (excluding diaryl/α,β-unsaturated/α-hetero) is 1. The van der Waals surface area contributed by atoms with Gasteiger partial charge in [-0.15, -0.1) is 0 Å². The van der Waals surface area contributed by atoms with Gasteiger partial charge >= 0.3 is 0 Å². The predicted molar refractivity (Wildman–Crippen MR) is 81.2 cm³/mol. The highest BCUT2D eigenvalue weighted by Gasteiger charge is 2.17. The van der Waals surface area contributed by atoms with E-state index >= 15 is 0 Å². The molecule has 1 nitrogen and oxygen atoms in total. The molecule has 0 saturated heterocycles. The van der Waals surface area contributed by atoms with E-state index in [1.165, 1.54) is 6.07 Å². The molecule has 2 aromatic carbocycles. The summed E-state index contributed by atoms with van der Waals surface area (Å²) in [5, 5.41) is 0.437. The molecule has 0 heterocycles. The van der Waals surface area contributed by atoms with Gasteiger partial charge in [0.1, 0.15) is 0 Å². The van der Waals surface area contributed by atoms with Crippen LogP contribution in [-0.4, -0.2) is 5.78 Å². The Labute approximate surface area is 136 Å². The van der Waals surface area contributed by atoms with Crippen LogP contribution in [0.25, 0.3) is 0 Å². The second-order valence-electron chi connectivity index (χ2n) is 4.06. The number of carbonyl (C=O) groups excluding carboxylic acids is 1. The van der Waals surface area contributed by atoms with E-state index in [0.29, 0.717) is 10.6 Å². The molecule has 0 spiro atoms. The van der Waals surface area contributed by atoms with E-state index in [9.17, 15) is 13.6 Å². The van der Waals surface area contributed by atoms with E-state index in [2.05, 4.69) is 31.9 Å². The van der Waals surface area contributed by atoms with Crippen LogP contribution in [0.15, 0.2) is 39.3 Å². The molecule has 20 heavy (non-hydrogen) atoms. The first kappa shape index (κ1) is 15.6. The molecule has 6 heteroatoms. The Kier molecular flexibility index (Phi) is 4.94. The van der Waals surface area contributed by atoms with Gasteiger partial charge in [0.05, 0.1) is 4.47 Å². The summed E-state index contributed by atoms with van der Waals surface area (Å²) in [4.78, 5) is 12.1. The van der Waals surface area contributed by atoms with E-state index in [1.807, 2.05) is 0 Å². The van der Waals surface area contributed by atoms with Crippen LogP contribution in [0.4, 0.5) is 8.78 Å². The maximum Gasteiger partial charge on any atom is 0.173 e. The molecule has 0 saturated carbocycles. The van der Waals surface area contributed by atoms with Gasteiger partial charge in [-0.1, -0.05) is 33.6 Å². The fourth-order valence-electron chi connectivity index (χ4n) is 1.67. The number of rotatable bonds is 3. The van der Waals surface area contributed by atoms with Gasteiger partial charge in [0.25, 0.3) is 0 Å². The second kappa shape index (κ2) is 6.33. The van der Waals surface area contributed by atoms with Gasteiger partial charge in [-0.3, -0.25) is 4.79 Å². The second-order valence-corrected chi connectivity index (χ2v) is 6.17. The fraction of sp³-hybridized carbons (Fsp3) is 0.0714. The first-order valence-corrected chi connectivity index (χ1v) is 7.47. The minimum atomic E-state index is -1.07. The van der Waals surface area contributed by atoms with Crippen molar-refractivity contribution in [1.29, 1.82) is 0 Å². The molecule has 0 unspecified atom stereocenters. The molecule has 2 rings (SSSR count). The Morgan fingerprint density at radius 3 is 2.50 bits per heavy atom. The Hall–Kier alpha value is -0.780. The van der Waals surface area contributed by atoms with Crippen molar-refractivity contribution in [2.24, 2.45) is 0 Å². The summed E-state index contributed by atoms with van der Waals surface area (Å²) in [5.41, 5.74) is 0.708. The van der Waals surface area contributed by atoms with Crippen molar-refractivity contribution in [2.75, 3.05) is 0 Å². The average molecular weight is 424 g/mol. The summed E-state index contributed by atoms with van der Waals surface area (Å²) in [6, 6.07) is 7.31. The molecule has 0 aromatic heterocycles. The van der Waals surface area contributed by atoms with Crippen LogP contribution in [-0.2, 0) is 6.42 Å². The Morgan fingerprint density at radius 1 is 1.15 bits per heavy atom. The summed E-state index contributed by atoms with van der Waals surface area (Å²) in [6.07, 6.45) is 0.00971. The predicted octanol–water partition coefficient (Wildman–Crippen LogP) is 5.57. The lowest BCUT2D eigenvalue weighted by atomic mass is 10.0. The minimum absolute atomic E-state index is 0.00971. The maximum atomic E-state index is 13.4. The summed E-state index contributed by atoms with van der Waals surface area (Å²) in [6.45, 7) is 0. The van der Waals surface area contributed by atoms with Crippen molar-refractivity contribution in [3.8, 4) is 0 Å². The van der Waals surface area contributed by atoms with Crippen LogP contribution in [0.5, 0.6) is 0 Å². The molecule has 0 aliphatic carbocycles. The van der Waals surface area contributed by atoms with Crippen molar-refractivity contribution in [2.45, 2.75) is 6.42 Å². The van der Waals surface area contributed by atoms with E-state index in [1.54, 1.807) is 18.2 Å². The summed E-state index contributed by atoms with van der Waals surface area (Å²) in [5.74, 6) is -2.42. The molecule has 0 fully saturated rings. The quantitative estimate of drug-likeness (QED) is 0.465. The molecule has 0 aliphatic heterocycles. The monoisotopic (exact) mass is 422 g/mol. The summed E-state index contributed by atoms with van der Waals surface area (Å²) >= 11 is 12.2. The highest BCUT2D eigenvalue weighted by Crippen LogP contribution is 2.26. The Bertz CT molecular complexity index is 689. The number of hydrogen-bond donors (Lipinski definition) is 0. The zero-order valence-electron chi connectivity index (χ0n) is 9.89. The number of benzene rings is 2. The van der Waals surface area contributed by atoms with Crippen molar-refractivity contribution >= 4 is 49.2 Å². The van der Waals surface area contributed by atoms with Crippen LogP contribution < -0.4 is 0 Å². The van der Waals surface area contributed by atoms with Gasteiger partial charge in [0, 0.05) is 21.5 Å². The van der Waals surface area contributed by atoms with Crippen LogP contribution in [0.1, 0.15) is 15.9 Å². The average Bonchev–Trinajstić information content (AvgIpc) is 2.39. The van der Waals surface area contributed by atoms with Crippen LogP contribution in [0.3, 0.4) is 0 Å². The van der Waals surface area contributed by atoms with Crippen molar-refractivity contribution in [3.05, 3.63) is 67.1 Å². The Balaban J connectivity index is 2.31. The lowest BCUT2D eigenvalue weighted by Gasteiger charge is -2.07. The van der Waals surface area contributed by atoms with Crippen molar-refractivity contribution in [3.63, 3.8) is 0 Å². The van der Waals surface area contributed by atoms with Gasteiger partial charge in [-0.05, 0) is 45.8 Å². The third-order valence-electron chi connectivity index (χ3n) is 2.70. The molecular weight excluding hydrogens is 417 g/mol. The molecule has 0 bridgehead atoms. The Morgan fingerprint density at radius 2 is 1.85 bits per heavy atom. The number of carbonyl (C=O) groups is 1.